The molecular formula is C50H80N4O5Si. The summed E-state index contributed by atoms with van der Waals surface area (Å²) in [5, 5.41) is 12.1. The van der Waals surface area contributed by atoms with E-state index in [9.17, 15) is 9.59 Å². The summed E-state index contributed by atoms with van der Waals surface area (Å²) < 4.78 is 20.3. The minimum Gasteiger partial charge on any atom is -0.417 e. The number of benzene rings is 2. The van der Waals surface area contributed by atoms with Gasteiger partial charge in [-0.1, -0.05) is 77.9 Å². The minimum absolute atomic E-state index is 0.147. The number of rotatable bonds is 18. The second kappa shape index (κ2) is 20.5. The SMILES string of the molecule is C[C@H](CCCO[Si](C)(C)C(C)(C)C)[C@H]1CC[C@H]2[C@@H]3CC[C@@H]4C[C@H](OCCCNC(=O)Nc5ccccc5)CC[C@]4(C)[C@H]3C[C@H](OCCCNC(=O)Nc3ccccc3)[C@]12C. The molecule has 10 heteroatoms. The Kier molecular flexibility index (Phi) is 15.9. The van der Waals surface area contributed by atoms with E-state index in [-0.39, 0.29) is 28.6 Å². The Balaban J connectivity index is 1.05. The Hall–Kier alpha value is -2.92. The smallest absolute Gasteiger partial charge is 0.319 e. The highest BCUT2D eigenvalue weighted by molar-refractivity contribution is 6.74. The third-order valence-corrected chi connectivity index (χ3v) is 21.0. The molecule has 4 N–H and O–H groups in total. The van der Waals surface area contributed by atoms with Crippen LogP contribution in [0.15, 0.2) is 60.7 Å². The maximum atomic E-state index is 12.6. The van der Waals surface area contributed by atoms with Crippen molar-refractivity contribution in [1.82, 2.24) is 10.6 Å². The Bertz CT molecular complexity index is 1660. The van der Waals surface area contributed by atoms with Crippen LogP contribution in [-0.2, 0) is 13.9 Å². The van der Waals surface area contributed by atoms with Gasteiger partial charge < -0.3 is 35.2 Å². The van der Waals surface area contributed by atoms with Gasteiger partial charge in [-0.15, -0.1) is 0 Å². The number of fused-ring (bicyclic) bond motifs is 5. The molecule has 0 radical (unpaired) electrons. The first-order valence-corrected chi connectivity index (χ1v) is 26.6. The second-order valence-electron chi connectivity index (χ2n) is 21.0. The number of hydrogen-bond acceptors (Lipinski definition) is 5. The van der Waals surface area contributed by atoms with Crippen LogP contribution in [-0.4, -0.2) is 65.5 Å². The molecule has 4 saturated carbocycles. The molecule has 0 unspecified atom stereocenters. The molecule has 4 amide bonds. The van der Waals surface area contributed by atoms with Crippen LogP contribution in [0, 0.1) is 46.3 Å². The molecule has 0 aliphatic heterocycles. The highest BCUT2D eigenvalue weighted by Crippen LogP contribution is 2.69. The van der Waals surface area contributed by atoms with Gasteiger partial charge in [0.05, 0.1) is 12.2 Å². The molecule has 334 valence electrons. The Morgan fingerprint density at radius 2 is 1.35 bits per heavy atom. The van der Waals surface area contributed by atoms with Crippen molar-refractivity contribution in [3.63, 3.8) is 0 Å². The number of amides is 4. The van der Waals surface area contributed by atoms with E-state index in [1.54, 1.807) is 0 Å². The van der Waals surface area contributed by atoms with Crippen molar-refractivity contribution in [3.8, 4) is 0 Å². The summed E-state index contributed by atoms with van der Waals surface area (Å²) in [4.78, 5) is 25.0. The van der Waals surface area contributed by atoms with Crippen LogP contribution in [0.1, 0.15) is 119 Å². The summed E-state index contributed by atoms with van der Waals surface area (Å²) in [6.07, 6.45) is 14.3. The van der Waals surface area contributed by atoms with Crippen LogP contribution >= 0.6 is 0 Å². The molecule has 10 atom stereocenters. The van der Waals surface area contributed by atoms with Gasteiger partial charge in [0.2, 0.25) is 0 Å². The average molecular weight is 845 g/mol. The first kappa shape index (κ1) is 46.6. The zero-order chi connectivity index (χ0) is 43.0. The van der Waals surface area contributed by atoms with E-state index >= 15 is 0 Å². The minimum atomic E-state index is -1.76. The van der Waals surface area contributed by atoms with Crippen LogP contribution in [0.4, 0.5) is 21.0 Å². The van der Waals surface area contributed by atoms with E-state index in [4.69, 9.17) is 13.9 Å². The van der Waals surface area contributed by atoms with E-state index in [0.29, 0.717) is 67.4 Å². The first-order valence-electron chi connectivity index (χ1n) is 23.7. The number of carbonyl (C=O) groups excluding carboxylic acids is 2. The number of nitrogens with one attached hydrogen (secondary N) is 4. The molecule has 0 aromatic heterocycles. The quantitative estimate of drug-likeness (QED) is 0.0882. The predicted octanol–water partition coefficient (Wildman–Crippen LogP) is 11.9. The second-order valence-corrected chi connectivity index (χ2v) is 25.8. The molecule has 2 aromatic carbocycles. The fourth-order valence-corrected chi connectivity index (χ4v) is 13.2. The normalized spacial score (nSPS) is 30.6. The fraction of sp³-hybridized carbons (Fsp3) is 0.720. The summed E-state index contributed by atoms with van der Waals surface area (Å²) >= 11 is 0. The number of carbonyl (C=O) groups is 2. The summed E-state index contributed by atoms with van der Waals surface area (Å²) in [5.74, 6) is 4.04. The molecule has 9 nitrogen and oxygen atoms in total. The first-order chi connectivity index (χ1) is 28.6. The van der Waals surface area contributed by atoms with Crippen molar-refractivity contribution >= 4 is 31.8 Å². The van der Waals surface area contributed by atoms with Crippen LogP contribution in [0.25, 0.3) is 0 Å². The van der Waals surface area contributed by atoms with Crippen molar-refractivity contribution in [2.45, 2.75) is 149 Å². The van der Waals surface area contributed by atoms with E-state index in [0.717, 1.165) is 62.4 Å². The molecule has 60 heavy (non-hydrogen) atoms. The lowest BCUT2D eigenvalue weighted by molar-refractivity contribution is -0.192. The molecule has 4 fully saturated rings. The largest absolute Gasteiger partial charge is 0.417 e. The van der Waals surface area contributed by atoms with Crippen molar-refractivity contribution in [2.24, 2.45) is 46.3 Å². The maximum absolute atomic E-state index is 12.6. The predicted molar refractivity (Wildman–Crippen MR) is 248 cm³/mol. The average Bonchev–Trinajstić information content (AvgIpc) is 3.58. The molecule has 0 bridgehead atoms. The number of anilines is 2. The van der Waals surface area contributed by atoms with Gasteiger partial charge in [-0.2, -0.15) is 0 Å². The van der Waals surface area contributed by atoms with Crippen LogP contribution in [0.2, 0.25) is 18.1 Å². The molecule has 2 aromatic rings. The fourth-order valence-electron chi connectivity index (χ4n) is 12.1. The lowest BCUT2D eigenvalue weighted by Crippen LogP contribution is -2.59. The van der Waals surface area contributed by atoms with Crippen molar-refractivity contribution in [2.75, 3.05) is 43.5 Å². The molecule has 0 heterocycles. The topological polar surface area (TPSA) is 110 Å². The molecule has 4 aliphatic rings. The lowest BCUT2D eigenvalue weighted by atomic mass is 9.43. The Labute approximate surface area is 364 Å². The standard InChI is InChI=1S/C50H80N4O5Si/c1-36(18-15-33-59-60(7,8)48(2,3)4)42-25-26-43-41-24-23-37-34-40(57-31-16-29-51-46(55)53-38-19-11-9-12-20-38)27-28-49(37,5)44(41)35-45(50(42,43)6)58-32-17-30-52-47(56)54-39-21-13-10-14-22-39/h9-14,19-22,36-37,40-45H,15-18,23-35H2,1-8H3,(H2,51,53,55)(H2,52,54,56)/t36-,37-,40-,41+,42-,43+,44+,45+,49+,50-/m1/s1. The van der Waals surface area contributed by atoms with Gasteiger partial charge in [0, 0.05) is 44.3 Å². The summed E-state index contributed by atoms with van der Waals surface area (Å²) in [6, 6.07) is 18.8. The number of ether oxygens (including phenoxy) is 2. The van der Waals surface area contributed by atoms with Gasteiger partial charge in [-0.05, 0) is 166 Å². The summed E-state index contributed by atoms with van der Waals surface area (Å²) in [6.45, 7) is 22.9. The number of para-hydroxylation sites is 2. The zero-order valence-corrected chi connectivity index (χ0v) is 39.5. The molecular weight excluding hydrogens is 765 g/mol. The maximum Gasteiger partial charge on any atom is 0.319 e. The molecule has 6 rings (SSSR count). The third kappa shape index (κ3) is 11.2. The van der Waals surface area contributed by atoms with Crippen LogP contribution in [0.3, 0.4) is 0 Å². The monoisotopic (exact) mass is 845 g/mol. The Morgan fingerprint density at radius 3 is 1.95 bits per heavy atom. The van der Waals surface area contributed by atoms with E-state index < -0.39 is 8.32 Å². The van der Waals surface area contributed by atoms with Gasteiger partial charge >= 0.3 is 12.1 Å². The van der Waals surface area contributed by atoms with E-state index in [1.807, 2.05) is 60.7 Å². The summed E-state index contributed by atoms with van der Waals surface area (Å²) in [5.41, 5.74) is 2.04. The van der Waals surface area contributed by atoms with E-state index in [2.05, 4.69) is 75.9 Å². The van der Waals surface area contributed by atoms with Crippen molar-refractivity contribution < 1.29 is 23.5 Å². The number of hydrogen-bond donors (Lipinski definition) is 4. The molecule has 4 aliphatic carbocycles. The number of urea groups is 2. The van der Waals surface area contributed by atoms with Crippen LogP contribution in [0.5, 0.6) is 0 Å². The van der Waals surface area contributed by atoms with Gasteiger partial charge in [0.15, 0.2) is 8.32 Å². The van der Waals surface area contributed by atoms with Crippen molar-refractivity contribution in [3.05, 3.63) is 60.7 Å². The lowest BCUT2D eigenvalue weighted by Gasteiger charge is -2.63. The van der Waals surface area contributed by atoms with Crippen LogP contribution < -0.4 is 21.3 Å². The molecule has 0 saturated heterocycles. The van der Waals surface area contributed by atoms with Gasteiger partial charge in [-0.25, -0.2) is 9.59 Å². The molecule has 0 spiro atoms. The summed E-state index contributed by atoms with van der Waals surface area (Å²) in [7, 11) is -1.76. The van der Waals surface area contributed by atoms with Gasteiger partial charge in [-0.3, -0.25) is 0 Å². The van der Waals surface area contributed by atoms with Crippen molar-refractivity contribution in [1.29, 1.82) is 0 Å². The van der Waals surface area contributed by atoms with E-state index in [1.165, 1.54) is 38.5 Å². The Morgan fingerprint density at radius 1 is 0.750 bits per heavy atom. The third-order valence-electron chi connectivity index (χ3n) is 16.5. The van der Waals surface area contributed by atoms with Gasteiger partial charge in [0.1, 0.15) is 0 Å². The van der Waals surface area contributed by atoms with Gasteiger partial charge in [0.25, 0.3) is 0 Å². The highest BCUT2D eigenvalue weighted by Gasteiger charge is 2.64. The zero-order valence-electron chi connectivity index (χ0n) is 38.5. The highest BCUT2D eigenvalue weighted by atomic mass is 28.4.